The molecule has 26 heavy (non-hydrogen) atoms. The van der Waals surface area contributed by atoms with Crippen molar-refractivity contribution in [2.24, 2.45) is 0 Å². The van der Waals surface area contributed by atoms with Gasteiger partial charge in [0, 0.05) is 24.5 Å². The lowest BCUT2D eigenvalue weighted by molar-refractivity contribution is -0.137. The first-order valence-corrected chi connectivity index (χ1v) is 9.51. The SMILES string of the molecule is O=C(Nc1ccc(-c2ccccc2)c(C(F)(F)F)c1)N1CCCSCC1. The topological polar surface area (TPSA) is 32.3 Å². The Bertz CT molecular complexity index is 757. The minimum Gasteiger partial charge on any atom is -0.324 e. The van der Waals surface area contributed by atoms with Crippen molar-refractivity contribution in [2.45, 2.75) is 12.6 Å². The van der Waals surface area contributed by atoms with Crippen molar-refractivity contribution >= 4 is 23.5 Å². The van der Waals surface area contributed by atoms with Crippen LogP contribution in [-0.4, -0.2) is 35.5 Å². The molecule has 1 fully saturated rings. The minimum atomic E-state index is -4.51. The Balaban J connectivity index is 1.86. The second-order valence-corrected chi connectivity index (χ2v) is 7.23. The first-order valence-electron chi connectivity index (χ1n) is 8.35. The molecule has 0 bridgehead atoms. The van der Waals surface area contributed by atoms with Crippen LogP contribution in [0, 0.1) is 0 Å². The Hall–Kier alpha value is -2.15. The number of rotatable bonds is 2. The highest BCUT2D eigenvalue weighted by Gasteiger charge is 2.34. The quantitative estimate of drug-likeness (QED) is 0.762. The van der Waals surface area contributed by atoms with Crippen LogP contribution >= 0.6 is 11.8 Å². The molecule has 0 aromatic heterocycles. The van der Waals surface area contributed by atoms with Gasteiger partial charge in [-0.1, -0.05) is 36.4 Å². The minimum absolute atomic E-state index is 0.0993. The Morgan fingerprint density at radius 2 is 1.81 bits per heavy atom. The number of carbonyl (C=O) groups is 1. The molecule has 7 heteroatoms. The molecule has 0 saturated carbocycles. The summed E-state index contributed by atoms with van der Waals surface area (Å²) in [5, 5.41) is 2.61. The molecule has 0 aliphatic carbocycles. The van der Waals surface area contributed by atoms with Gasteiger partial charge in [0.05, 0.1) is 5.56 Å². The lowest BCUT2D eigenvalue weighted by Crippen LogP contribution is -2.36. The van der Waals surface area contributed by atoms with Crippen molar-refractivity contribution in [1.82, 2.24) is 4.90 Å². The molecule has 0 radical (unpaired) electrons. The van der Waals surface area contributed by atoms with Gasteiger partial charge in [-0.3, -0.25) is 0 Å². The van der Waals surface area contributed by atoms with E-state index in [4.69, 9.17) is 0 Å². The molecular formula is C19H19F3N2OS. The van der Waals surface area contributed by atoms with Gasteiger partial charge in [0.1, 0.15) is 0 Å². The van der Waals surface area contributed by atoms with Gasteiger partial charge in [0.25, 0.3) is 0 Å². The number of nitrogens with one attached hydrogen (secondary N) is 1. The number of nitrogens with zero attached hydrogens (tertiary/aromatic N) is 1. The van der Waals surface area contributed by atoms with Crippen molar-refractivity contribution in [3.05, 3.63) is 54.1 Å². The summed E-state index contributed by atoms with van der Waals surface area (Å²) >= 11 is 1.78. The fraction of sp³-hybridized carbons (Fsp3) is 0.316. The lowest BCUT2D eigenvalue weighted by atomic mass is 9.98. The number of anilines is 1. The number of thioether (sulfide) groups is 1. The van der Waals surface area contributed by atoms with Crippen LogP contribution in [0.15, 0.2) is 48.5 Å². The fourth-order valence-electron chi connectivity index (χ4n) is 2.88. The normalized spacial score (nSPS) is 15.4. The molecule has 1 saturated heterocycles. The molecule has 2 amide bonds. The van der Waals surface area contributed by atoms with Gasteiger partial charge in [-0.2, -0.15) is 24.9 Å². The second kappa shape index (κ2) is 8.03. The molecule has 138 valence electrons. The third kappa shape index (κ3) is 4.52. The van der Waals surface area contributed by atoms with Crippen LogP contribution < -0.4 is 5.32 Å². The third-order valence-corrected chi connectivity index (χ3v) is 5.22. The maximum absolute atomic E-state index is 13.5. The average molecular weight is 380 g/mol. The molecular weight excluding hydrogens is 361 g/mol. The maximum Gasteiger partial charge on any atom is 0.417 e. The summed E-state index contributed by atoms with van der Waals surface area (Å²) < 4.78 is 40.6. The van der Waals surface area contributed by atoms with E-state index in [0.29, 0.717) is 18.7 Å². The number of hydrogen-bond donors (Lipinski definition) is 1. The van der Waals surface area contributed by atoms with E-state index in [0.717, 1.165) is 24.0 Å². The lowest BCUT2D eigenvalue weighted by Gasteiger charge is -2.21. The maximum atomic E-state index is 13.5. The monoisotopic (exact) mass is 380 g/mol. The third-order valence-electron chi connectivity index (χ3n) is 4.17. The summed E-state index contributed by atoms with van der Waals surface area (Å²) in [5.74, 6) is 1.84. The Morgan fingerprint density at radius 1 is 1.04 bits per heavy atom. The van der Waals surface area contributed by atoms with Crippen LogP contribution in [-0.2, 0) is 6.18 Å². The summed E-state index contributed by atoms with van der Waals surface area (Å²) in [6.07, 6.45) is -3.62. The van der Waals surface area contributed by atoms with Gasteiger partial charge in [-0.25, -0.2) is 4.79 Å². The van der Waals surface area contributed by atoms with Crippen molar-refractivity contribution in [3.63, 3.8) is 0 Å². The van der Waals surface area contributed by atoms with E-state index in [1.165, 1.54) is 12.1 Å². The molecule has 3 rings (SSSR count). The van der Waals surface area contributed by atoms with Crippen LogP contribution in [0.1, 0.15) is 12.0 Å². The first kappa shape index (κ1) is 18.6. The van der Waals surface area contributed by atoms with Gasteiger partial charge in [0.15, 0.2) is 0 Å². The van der Waals surface area contributed by atoms with Gasteiger partial charge in [-0.15, -0.1) is 0 Å². The molecule has 3 nitrogen and oxygen atoms in total. The zero-order chi connectivity index (χ0) is 18.6. The number of alkyl halides is 3. The van der Waals surface area contributed by atoms with Crippen molar-refractivity contribution in [3.8, 4) is 11.1 Å². The van der Waals surface area contributed by atoms with Gasteiger partial charge >= 0.3 is 12.2 Å². The van der Waals surface area contributed by atoms with Crippen molar-refractivity contribution in [2.75, 3.05) is 29.9 Å². The second-order valence-electron chi connectivity index (χ2n) is 6.01. The van der Waals surface area contributed by atoms with Crippen LogP contribution in [0.25, 0.3) is 11.1 Å². The summed E-state index contributed by atoms with van der Waals surface area (Å²) in [4.78, 5) is 14.0. The van der Waals surface area contributed by atoms with E-state index >= 15 is 0 Å². The molecule has 1 heterocycles. The van der Waals surface area contributed by atoms with E-state index < -0.39 is 11.7 Å². The standard InChI is InChI=1S/C19H19F3N2OS/c20-19(21,22)17-13-15(7-8-16(17)14-5-2-1-3-6-14)23-18(25)24-9-4-11-26-12-10-24/h1-3,5-8,13H,4,9-12H2,(H,23,25). The molecule has 2 aromatic carbocycles. The van der Waals surface area contributed by atoms with Crippen LogP contribution in [0.4, 0.5) is 23.7 Å². The van der Waals surface area contributed by atoms with E-state index in [-0.39, 0.29) is 17.3 Å². The number of hydrogen-bond acceptors (Lipinski definition) is 2. The highest BCUT2D eigenvalue weighted by Crippen LogP contribution is 2.38. The van der Waals surface area contributed by atoms with E-state index in [2.05, 4.69) is 5.32 Å². The summed E-state index contributed by atoms with van der Waals surface area (Å²) in [6.45, 7) is 1.22. The van der Waals surface area contributed by atoms with Crippen molar-refractivity contribution < 1.29 is 18.0 Å². The number of halogens is 3. The van der Waals surface area contributed by atoms with Gasteiger partial charge < -0.3 is 10.2 Å². The Labute approximate surface area is 154 Å². The van der Waals surface area contributed by atoms with Crippen LogP contribution in [0.5, 0.6) is 0 Å². The van der Waals surface area contributed by atoms with Gasteiger partial charge in [-0.05, 0) is 35.4 Å². The number of benzene rings is 2. The van der Waals surface area contributed by atoms with Crippen LogP contribution in [0.2, 0.25) is 0 Å². The smallest absolute Gasteiger partial charge is 0.324 e. The zero-order valence-corrected chi connectivity index (χ0v) is 14.9. The number of urea groups is 1. The predicted molar refractivity (Wildman–Crippen MR) is 99.4 cm³/mol. The van der Waals surface area contributed by atoms with E-state index in [1.54, 1.807) is 47.0 Å². The molecule has 1 N–H and O–H groups in total. The summed E-state index contributed by atoms with van der Waals surface area (Å²) in [6, 6.07) is 12.0. The summed E-state index contributed by atoms with van der Waals surface area (Å²) in [7, 11) is 0. The van der Waals surface area contributed by atoms with Crippen LogP contribution in [0.3, 0.4) is 0 Å². The Morgan fingerprint density at radius 3 is 2.54 bits per heavy atom. The highest BCUT2D eigenvalue weighted by atomic mass is 32.2. The van der Waals surface area contributed by atoms with E-state index in [9.17, 15) is 18.0 Å². The highest BCUT2D eigenvalue weighted by molar-refractivity contribution is 7.99. The molecule has 0 spiro atoms. The summed E-state index contributed by atoms with van der Waals surface area (Å²) in [5.41, 5.74) is -0.0173. The van der Waals surface area contributed by atoms with Gasteiger partial charge in [0.2, 0.25) is 0 Å². The first-order chi connectivity index (χ1) is 12.4. The fourth-order valence-corrected chi connectivity index (χ4v) is 3.76. The molecule has 0 unspecified atom stereocenters. The number of amides is 2. The van der Waals surface area contributed by atoms with Crippen molar-refractivity contribution in [1.29, 1.82) is 0 Å². The molecule has 2 aromatic rings. The predicted octanol–water partition coefficient (Wildman–Crippen LogP) is 5.34. The van der Waals surface area contributed by atoms with E-state index in [1.807, 2.05) is 0 Å². The molecule has 1 aliphatic rings. The molecule has 1 aliphatic heterocycles. The largest absolute Gasteiger partial charge is 0.417 e. The molecule has 0 atom stereocenters. The average Bonchev–Trinajstić information content (AvgIpc) is 2.91. The Kier molecular flexibility index (Phi) is 5.76. The zero-order valence-electron chi connectivity index (χ0n) is 14.1. The number of carbonyl (C=O) groups excluding carboxylic acids is 1.